The van der Waals surface area contributed by atoms with Gasteiger partial charge in [0.15, 0.2) is 5.78 Å². The number of carbonyl (C=O) groups excluding carboxylic acids is 3. The molecule has 190 valence electrons. The van der Waals surface area contributed by atoms with Crippen LogP contribution in [0.3, 0.4) is 0 Å². The summed E-state index contributed by atoms with van der Waals surface area (Å²) >= 11 is 1.44. The third-order valence-electron chi connectivity index (χ3n) is 6.98. The van der Waals surface area contributed by atoms with Gasteiger partial charge < -0.3 is 9.47 Å². The van der Waals surface area contributed by atoms with Gasteiger partial charge in [-0.15, -0.1) is 11.3 Å². The molecule has 2 heterocycles. The molecule has 2 aliphatic rings. The summed E-state index contributed by atoms with van der Waals surface area (Å²) in [7, 11) is 1.56. The van der Waals surface area contributed by atoms with Crippen molar-refractivity contribution in [1.82, 2.24) is 0 Å². The number of para-hydroxylation sites is 1. The number of thiophene rings is 1. The van der Waals surface area contributed by atoms with Gasteiger partial charge in [0.05, 0.1) is 19.4 Å². The smallest absolute Gasteiger partial charge is 0.317 e. The maximum Gasteiger partial charge on any atom is 0.317 e. The first-order chi connectivity index (χ1) is 17.9. The Hall–Kier alpha value is -3.78. The number of benzene rings is 2. The molecule has 0 saturated carbocycles. The molecule has 6 nitrogen and oxygen atoms in total. The normalized spacial score (nSPS) is 21.6. The van der Waals surface area contributed by atoms with Gasteiger partial charge in [-0.05, 0) is 54.6 Å². The number of halogens is 1. The van der Waals surface area contributed by atoms with E-state index in [1.807, 2.05) is 29.6 Å². The van der Waals surface area contributed by atoms with E-state index in [9.17, 15) is 18.8 Å². The molecule has 0 unspecified atom stereocenters. The molecule has 5 rings (SSSR count). The van der Waals surface area contributed by atoms with Crippen LogP contribution in [0.4, 0.5) is 10.1 Å². The van der Waals surface area contributed by atoms with E-state index in [0.717, 1.165) is 10.4 Å². The Kier molecular flexibility index (Phi) is 6.93. The number of nitrogens with zero attached hydrogens (tertiary/aromatic N) is 1. The molecular weight excluding hydrogens is 493 g/mol. The van der Waals surface area contributed by atoms with Crippen LogP contribution in [0.1, 0.15) is 42.0 Å². The zero-order valence-electron chi connectivity index (χ0n) is 20.5. The molecule has 2 aromatic carbocycles. The minimum Gasteiger partial charge on any atom is -0.497 e. The highest BCUT2D eigenvalue weighted by molar-refractivity contribution is 7.10. The van der Waals surface area contributed by atoms with E-state index < -0.39 is 29.5 Å². The van der Waals surface area contributed by atoms with Crippen LogP contribution in [-0.4, -0.2) is 31.4 Å². The average Bonchev–Trinajstić information content (AvgIpc) is 3.44. The Morgan fingerprint density at radius 3 is 2.46 bits per heavy atom. The second-order valence-corrected chi connectivity index (χ2v) is 9.97. The summed E-state index contributed by atoms with van der Waals surface area (Å²) in [5.74, 6) is -3.34. The lowest BCUT2D eigenvalue weighted by Crippen LogP contribution is -2.46. The number of esters is 1. The first-order valence-electron chi connectivity index (χ1n) is 12.1. The van der Waals surface area contributed by atoms with Gasteiger partial charge in [0.25, 0.3) is 0 Å². The van der Waals surface area contributed by atoms with E-state index in [1.165, 1.54) is 28.4 Å². The lowest BCUT2D eigenvalue weighted by atomic mass is 9.69. The molecule has 1 aromatic heterocycles. The zero-order chi connectivity index (χ0) is 26.1. The summed E-state index contributed by atoms with van der Waals surface area (Å²) in [5.41, 5.74) is 1.64. The molecule has 3 atom stereocenters. The monoisotopic (exact) mass is 519 g/mol. The molecular formula is C29H26FNO5S. The second-order valence-electron chi connectivity index (χ2n) is 8.99. The summed E-state index contributed by atoms with van der Waals surface area (Å²) in [6.45, 7) is 1.85. The number of ketones is 1. The molecule has 1 aliphatic carbocycles. The van der Waals surface area contributed by atoms with Crippen LogP contribution >= 0.6 is 11.3 Å². The van der Waals surface area contributed by atoms with E-state index in [0.29, 0.717) is 17.0 Å². The van der Waals surface area contributed by atoms with Gasteiger partial charge in [0.1, 0.15) is 17.5 Å². The number of carbonyl (C=O) groups is 3. The molecule has 0 fully saturated rings. The van der Waals surface area contributed by atoms with Gasteiger partial charge in [0.2, 0.25) is 5.91 Å². The van der Waals surface area contributed by atoms with Crippen molar-refractivity contribution in [3.8, 4) is 5.75 Å². The van der Waals surface area contributed by atoms with Gasteiger partial charge in [-0.3, -0.25) is 19.3 Å². The van der Waals surface area contributed by atoms with E-state index in [-0.39, 0.29) is 36.8 Å². The fraction of sp³-hybridized carbons (Fsp3) is 0.276. The van der Waals surface area contributed by atoms with Gasteiger partial charge in [-0.1, -0.05) is 30.3 Å². The number of ether oxygens (including phenoxy) is 2. The third kappa shape index (κ3) is 4.46. The van der Waals surface area contributed by atoms with Crippen LogP contribution in [-0.2, 0) is 19.1 Å². The Bertz CT molecular complexity index is 1370. The van der Waals surface area contributed by atoms with Crippen LogP contribution in [0, 0.1) is 11.7 Å². The SMILES string of the molecule is CCOC(=O)[C@@H]1C(=O)C2=C(C[C@@H]1c1cccs1)N(c1ccccc1F)C(=O)C[C@@H]2c1ccc(OC)cc1. The molecule has 1 aliphatic heterocycles. The topological polar surface area (TPSA) is 72.9 Å². The number of amides is 1. The first-order valence-corrected chi connectivity index (χ1v) is 13.0. The number of allylic oxidation sites excluding steroid dienone is 2. The largest absolute Gasteiger partial charge is 0.497 e. The molecule has 37 heavy (non-hydrogen) atoms. The fourth-order valence-electron chi connectivity index (χ4n) is 5.34. The first kappa shape index (κ1) is 24.9. The molecule has 1 amide bonds. The van der Waals surface area contributed by atoms with Crippen molar-refractivity contribution in [3.05, 3.63) is 93.6 Å². The highest BCUT2D eigenvalue weighted by Gasteiger charge is 2.50. The standard InChI is InChI=1S/C29H26FNO5S/c1-3-36-29(34)27-20(24-9-6-14-37-24)15-23-26(28(27)33)19(17-10-12-18(35-2)13-11-17)16-25(32)31(23)22-8-5-4-7-21(22)30/h4-14,19-20,27H,3,15-16H2,1-2H3/t19-,20-,27+/m1/s1. The molecule has 0 radical (unpaired) electrons. The maximum atomic E-state index is 15.0. The number of rotatable bonds is 6. The number of Topliss-reactive ketones (excluding diaryl/α,β-unsaturated/α-hetero) is 1. The number of anilines is 1. The summed E-state index contributed by atoms with van der Waals surface area (Å²) in [4.78, 5) is 43.2. The summed E-state index contributed by atoms with van der Waals surface area (Å²) in [6, 6.07) is 17.0. The minimum atomic E-state index is -1.05. The van der Waals surface area contributed by atoms with E-state index in [2.05, 4.69) is 0 Å². The van der Waals surface area contributed by atoms with E-state index in [1.54, 1.807) is 38.3 Å². The quantitative estimate of drug-likeness (QED) is 0.313. The average molecular weight is 520 g/mol. The van der Waals surface area contributed by atoms with Gasteiger partial charge >= 0.3 is 5.97 Å². The van der Waals surface area contributed by atoms with Gasteiger partial charge in [-0.2, -0.15) is 0 Å². The summed E-state index contributed by atoms with van der Waals surface area (Å²) in [5, 5.41) is 1.88. The highest BCUT2D eigenvalue weighted by Crippen LogP contribution is 2.50. The van der Waals surface area contributed by atoms with Crippen molar-refractivity contribution in [1.29, 1.82) is 0 Å². The van der Waals surface area contributed by atoms with Crippen LogP contribution in [0.2, 0.25) is 0 Å². The molecule has 0 N–H and O–H groups in total. The van der Waals surface area contributed by atoms with Crippen LogP contribution in [0.25, 0.3) is 0 Å². The lowest BCUT2D eigenvalue weighted by molar-refractivity contribution is -0.152. The van der Waals surface area contributed by atoms with Gasteiger partial charge in [0, 0.05) is 34.4 Å². The Morgan fingerprint density at radius 2 is 1.81 bits per heavy atom. The summed E-state index contributed by atoms with van der Waals surface area (Å²) in [6.07, 6.45) is 0.183. The minimum absolute atomic E-state index is 0.0373. The predicted octanol–water partition coefficient (Wildman–Crippen LogP) is 5.61. The van der Waals surface area contributed by atoms with Crippen molar-refractivity contribution in [2.24, 2.45) is 5.92 Å². The van der Waals surface area contributed by atoms with Crippen molar-refractivity contribution >= 4 is 34.7 Å². The third-order valence-corrected chi connectivity index (χ3v) is 7.99. The molecule has 3 aromatic rings. The lowest BCUT2D eigenvalue weighted by Gasteiger charge is -2.42. The number of hydrogen-bond donors (Lipinski definition) is 0. The predicted molar refractivity (Wildman–Crippen MR) is 138 cm³/mol. The Labute approximate surface area is 218 Å². The Balaban J connectivity index is 1.72. The molecule has 0 spiro atoms. The van der Waals surface area contributed by atoms with Crippen LogP contribution < -0.4 is 9.64 Å². The van der Waals surface area contributed by atoms with Crippen molar-refractivity contribution in [3.63, 3.8) is 0 Å². The zero-order valence-corrected chi connectivity index (χ0v) is 21.3. The second kappa shape index (κ2) is 10.3. The number of methoxy groups -OCH3 is 1. The molecule has 8 heteroatoms. The maximum absolute atomic E-state index is 15.0. The Morgan fingerprint density at radius 1 is 1.05 bits per heavy atom. The van der Waals surface area contributed by atoms with Crippen LogP contribution in [0.15, 0.2) is 77.3 Å². The highest BCUT2D eigenvalue weighted by atomic mass is 32.1. The molecule has 0 saturated heterocycles. The van der Waals surface area contributed by atoms with E-state index >= 15 is 0 Å². The van der Waals surface area contributed by atoms with Crippen molar-refractivity contribution in [2.45, 2.75) is 31.6 Å². The molecule has 0 bridgehead atoms. The van der Waals surface area contributed by atoms with E-state index in [4.69, 9.17) is 9.47 Å². The van der Waals surface area contributed by atoms with Crippen molar-refractivity contribution < 1.29 is 28.2 Å². The summed E-state index contributed by atoms with van der Waals surface area (Å²) < 4.78 is 25.6. The number of hydrogen-bond acceptors (Lipinski definition) is 6. The van der Waals surface area contributed by atoms with Gasteiger partial charge in [-0.25, -0.2) is 4.39 Å². The fourth-order valence-corrected chi connectivity index (χ4v) is 6.20. The van der Waals surface area contributed by atoms with Crippen LogP contribution in [0.5, 0.6) is 5.75 Å². The van der Waals surface area contributed by atoms with Crippen molar-refractivity contribution in [2.75, 3.05) is 18.6 Å².